The number of hydrogen-bond acceptors (Lipinski definition) is 2. The van der Waals surface area contributed by atoms with E-state index in [9.17, 15) is 4.79 Å². The second-order valence-corrected chi connectivity index (χ2v) is 6.50. The lowest BCUT2D eigenvalue weighted by Gasteiger charge is -2.34. The molecule has 1 amide bonds. The van der Waals surface area contributed by atoms with Gasteiger partial charge in [0.2, 0.25) is 0 Å². The Labute approximate surface area is 129 Å². The summed E-state index contributed by atoms with van der Waals surface area (Å²) in [4.78, 5) is 14.5. The Morgan fingerprint density at radius 1 is 1.35 bits per heavy atom. The van der Waals surface area contributed by atoms with Crippen molar-refractivity contribution < 1.29 is 4.79 Å². The highest BCUT2D eigenvalue weighted by atomic mass is 79.9. The average Bonchev–Trinajstić information content (AvgIpc) is 2.48. The first-order valence-electron chi connectivity index (χ1n) is 7.35. The molecule has 0 atom stereocenters. The lowest BCUT2D eigenvalue weighted by molar-refractivity contribution is 0.0674. The van der Waals surface area contributed by atoms with E-state index in [1.807, 2.05) is 24.1 Å². The Kier molecular flexibility index (Phi) is 5.08. The van der Waals surface area contributed by atoms with Crippen LogP contribution in [0.3, 0.4) is 0 Å². The maximum absolute atomic E-state index is 12.6. The van der Waals surface area contributed by atoms with Gasteiger partial charge in [-0.1, -0.05) is 19.4 Å². The first-order chi connectivity index (χ1) is 9.54. The molecule has 1 aromatic rings. The van der Waals surface area contributed by atoms with E-state index < -0.39 is 0 Å². The molecule has 1 aliphatic rings. The van der Waals surface area contributed by atoms with Crippen LogP contribution in [0.4, 0.5) is 5.69 Å². The van der Waals surface area contributed by atoms with Crippen molar-refractivity contribution in [2.24, 2.45) is 5.92 Å². The molecule has 2 N–H and O–H groups in total. The van der Waals surface area contributed by atoms with Crippen LogP contribution in [0.2, 0.25) is 0 Å². The normalized spacial score (nSPS) is 22.6. The second-order valence-electron chi connectivity index (χ2n) is 5.71. The second kappa shape index (κ2) is 6.61. The number of anilines is 1. The molecule has 1 saturated carbocycles. The summed E-state index contributed by atoms with van der Waals surface area (Å²) in [6.45, 7) is 2.25. The molecular weight excluding hydrogens is 316 g/mol. The molecule has 4 heteroatoms. The number of nitrogens with two attached hydrogens (primary N) is 1. The molecule has 0 saturated heterocycles. The lowest BCUT2D eigenvalue weighted by Crippen LogP contribution is -2.39. The maximum atomic E-state index is 12.6. The van der Waals surface area contributed by atoms with Gasteiger partial charge in [0.1, 0.15) is 0 Å². The number of benzene rings is 1. The van der Waals surface area contributed by atoms with Gasteiger partial charge in [-0.15, -0.1) is 0 Å². The molecule has 0 unspecified atom stereocenters. The SMILES string of the molecule is CCC1CCC(N(C)C(=O)c2cccc(N)c2Br)CC1. The third-order valence-corrected chi connectivity index (χ3v) is 5.41. The summed E-state index contributed by atoms with van der Waals surface area (Å²) in [6.07, 6.45) is 5.94. The third kappa shape index (κ3) is 3.17. The molecule has 0 heterocycles. The minimum Gasteiger partial charge on any atom is -0.398 e. The minimum atomic E-state index is 0.0594. The molecule has 0 bridgehead atoms. The number of halogens is 1. The van der Waals surface area contributed by atoms with Gasteiger partial charge in [-0.05, 0) is 59.7 Å². The topological polar surface area (TPSA) is 46.3 Å². The molecule has 1 aromatic carbocycles. The Bertz CT molecular complexity index is 481. The Balaban J connectivity index is 2.07. The van der Waals surface area contributed by atoms with Crippen molar-refractivity contribution in [1.82, 2.24) is 4.90 Å². The van der Waals surface area contributed by atoms with Gasteiger partial charge in [0, 0.05) is 18.8 Å². The molecule has 0 spiro atoms. The molecule has 3 nitrogen and oxygen atoms in total. The number of nitrogens with zero attached hydrogens (tertiary/aromatic N) is 1. The molecule has 0 aliphatic heterocycles. The van der Waals surface area contributed by atoms with Crippen molar-refractivity contribution in [3.05, 3.63) is 28.2 Å². The fourth-order valence-corrected chi connectivity index (χ4v) is 3.45. The van der Waals surface area contributed by atoms with Crippen LogP contribution in [0.15, 0.2) is 22.7 Å². The smallest absolute Gasteiger partial charge is 0.255 e. The molecule has 20 heavy (non-hydrogen) atoms. The van der Waals surface area contributed by atoms with Crippen molar-refractivity contribution in [2.45, 2.75) is 45.1 Å². The van der Waals surface area contributed by atoms with E-state index in [0.717, 1.165) is 18.8 Å². The molecular formula is C16H23BrN2O. The van der Waals surface area contributed by atoms with Crippen LogP contribution in [0.5, 0.6) is 0 Å². The Morgan fingerprint density at radius 3 is 2.60 bits per heavy atom. The first-order valence-corrected chi connectivity index (χ1v) is 8.15. The first kappa shape index (κ1) is 15.4. The predicted octanol–water partition coefficient (Wildman–Crippen LogP) is 4.07. The molecule has 110 valence electrons. The van der Waals surface area contributed by atoms with E-state index in [-0.39, 0.29) is 5.91 Å². The van der Waals surface area contributed by atoms with Crippen molar-refractivity contribution in [2.75, 3.05) is 12.8 Å². The predicted molar refractivity (Wildman–Crippen MR) is 86.7 cm³/mol. The van der Waals surface area contributed by atoms with Crippen molar-refractivity contribution >= 4 is 27.5 Å². The van der Waals surface area contributed by atoms with E-state index in [1.54, 1.807) is 6.07 Å². The van der Waals surface area contributed by atoms with Gasteiger partial charge in [0.25, 0.3) is 5.91 Å². The van der Waals surface area contributed by atoms with Gasteiger partial charge < -0.3 is 10.6 Å². The van der Waals surface area contributed by atoms with Gasteiger partial charge in [0.15, 0.2) is 0 Å². The van der Waals surface area contributed by atoms with E-state index in [0.29, 0.717) is 21.8 Å². The highest BCUT2D eigenvalue weighted by Gasteiger charge is 2.27. The summed E-state index contributed by atoms with van der Waals surface area (Å²) in [5.74, 6) is 0.901. The molecule has 1 fully saturated rings. The quantitative estimate of drug-likeness (QED) is 0.844. The number of rotatable bonds is 3. The minimum absolute atomic E-state index is 0.0594. The van der Waals surface area contributed by atoms with Gasteiger partial charge in [-0.25, -0.2) is 0 Å². The largest absolute Gasteiger partial charge is 0.398 e. The summed E-state index contributed by atoms with van der Waals surface area (Å²) in [5, 5.41) is 0. The van der Waals surface area contributed by atoms with Crippen LogP contribution >= 0.6 is 15.9 Å². The summed E-state index contributed by atoms with van der Waals surface area (Å²) in [5.41, 5.74) is 7.12. The number of carbonyl (C=O) groups is 1. The highest BCUT2D eigenvalue weighted by Crippen LogP contribution is 2.31. The van der Waals surface area contributed by atoms with Crippen LogP contribution < -0.4 is 5.73 Å². The number of amides is 1. The molecule has 0 radical (unpaired) electrons. The zero-order valence-electron chi connectivity index (χ0n) is 12.2. The van der Waals surface area contributed by atoms with Gasteiger partial charge in [-0.2, -0.15) is 0 Å². The van der Waals surface area contributed by atoms with E-state index >= 15 is 0 Å². The Morgan fingerprint density at radius 2 is 2.00 bits per heavy atom. The van der Waals surface area contributed by atoms with Crippen molar-refractivity contribution in [3.8, 4) is 0 Å². The molecule has 1 aliphatic carbocycles. The number of nitrogen functional groups attached to an aromatic ring is 1. The monoisotopic (exact) mass is 338 g/mol. The standard InChI is InChI=1S/C16H23BrN2O/c1-3-11-7-9-12(10-8-11)19(2)16(20)13-5-4-6-14(18)15(13)17/h4-6,11-12H,3,7-10,18H2,1-2H3. The summed E-state index contributed by atoms with van der Waals surface area (Å²) < 4.78 is 0.707. The van der Waals surface area contributed by atoms with Crippen molar-refractivity contribution in [3.63, 3.8) is 0 Å². The fourth-order valence-electron chi connectivity index (χ4n) is 3.01. The van der Waals surface area contributed by atoms with Crippen LogP contribution in [0.25, 0.3) is 0 Å². The Hall–Kier alpha value is -1.03. The summed E-state index contributed by atoms with van der Waals surface area (Å²) in [7, 11) is 1.91. The fraction of sp³-hybridized carbons (Fsp3) is 0.562. The van der Waals surface area contributed by atoms with Gasteiger partial charge in [-0.3, -0.25) is 4.79 Å². The van der Waals surface area contributed by atoms with E-state index in [2.05, 4.69) is 22.9 Å². The number of carbonyl (C=O) groups excluding carboxylic acids is 1. The number of hydrogen-bond donors (Lipinski definition) is 1. The maximum Gasteiger partial charge on any atom is 0.255 e. The highest BCUT2D eigenvalue weighted by molar-refractivity contribution is 9.10. The average molecular weight is 339 g/mol. The van der Waals surface area contributed by atoms with Crippen LogP contribution in [-0.2, 0) is 0 Å². The molecule has 0 aromatic heterocycles. The van der Waals surface area contributed by atoms with Crippen LogP contribution in [0.1, 0.15) is 49.4 Å². The van der Waals surface area contributed by atoms with Crippen LogP contribution in [0, 0.1) is 5.92 Å². The lowest BCUT2D eigenvalue weighted by atomic mass is 9.84. The summed E-state index contributed by atoms with van der Waals surface area (Å²) in [6, 6.07) is 5.82. The van der Waals surface area contributed by atoms with Crippen LogP contribution in [-0.4, -0.2) is 23.9 Å². The zero-order valence-corrected chi connectivity index (χ0v) is 13.8. The third-order valence-electron chi connectivity index (χ3n) is 4.52. The summed E-state index contributed by atoms with van der Waals surface area (Å²) >= 11 is 3.42. The van der Waals surface area contributed by atoms with E-state index in [1.165, 1.54) is 19.3 Å². The van der Waals surface area contributed by atoms with Crippen molar-refractivity contribution in [1.29, 1.82) is 0 Å². The van der Waals surface area contributed by atoms with E-state index in [4.69, 9.17) is 5.73 Å². The zero-order chi connectivity index (χ0) is 14.7. The van der Waals surface area contributed by atoms with Gasteiger partial charge >= 0.3 is 0 Å². The van der Waals surface area contributed by atoms with Gasteiger partial charge in [0.05, 0.1) is 10.0 Å². The molecule has 2 rings (SSSR count).